The molecule has 0 atom stereocenters. The van der Waals surface area contributed by atoms with Crippen molar-refractivity contribution < 1.29 is 4.42 Å². The highest BCUT2D eigenvalue weighted by Gasteiger charge is 2.17. The summed E-state index contributed by atoms with van der Waals surface area (Å²) in [5, 5.41) is 3.31. The molecule has 4 nitrogen and oxygen atoms in total. The summed E-state index contributed by atoms with van der Waals surface area (Å²) in [7, 11) is 0. The van der Waals surface area contributed by atoms with Crippen molar-refractivity contribution in [3.8, 4) is 0 Å². The Morgan fingerprint density at radius 3 is 3.50 bits per heavy atom. The van der Waals surface area contributed by atoms with Crippen molar-refractivity contribution in [3.63, 3.8) is 0 Å². The maximum atomic E-state index is 5.18. The van der Waals surface area contributed by atoms with Crippen LogP contribution in [0.25, 0.3) is 11.2 Å². The van der Waals surface area contributed by atoms with Crippen LogP contribution in [0.3, 0.4) is 0 Å². The summed E-state index contributed by atoms with van der Waals surface area (Å²) < 4.78 is 5.18. The van der Waals surface area contributed by atoms with E-state index in [1.54, 1.807) is 0 Å². The van der Waals surface area contributed by atoms with E-state index in [0.717, 1.165) is 30.7 Å². The molecular formula is C8H9N3O. The summed E-state index contributed by atoms with van der Waals surface area (Å²) >= 11 is 0. The molecule has 2 aromatic rings. The summed E-state index contributed by atoms with van der Waals surface area (Å²) in [6.07, 6.45) is 2.53. The van der Waals surface area contributed by atoms with Crippen LogP contribution in [0.2, 0.25) is 0 Å². The Morgan fingerprint density at radius 2 is 2.50 bits per heavy atom. The third-order valence-corrected chi connectivity index (χ3v) is 2.34. The maximum Gasteiger partial charge on any atom is 0.225 e. The molecule has 0 aromatic carbocycles. The zero-order chi connectivity index (χ0) is 7.97. The van der Waals surface area contributed by atoms with Crippen LogP contribution in [0.1, 0.15) is 11.3 Å². The average Bonchev–Trinajstić information content (AvgIpc) is 2.62. The Bertz CT molecular complexity index is 415. The fourth-order valence-electron chi connectivity index (χ4n) is 1.74. The van der Waals surface area contributed by atoms with Gasteiger partial charge in [0.2, 0.25) is 5.71 Å². The lowest BCUT2D eigenvalue weighted by molar-refractivity contribution is 0.585. The van der Waals surface area contributed by atoms with E-state index in [4.69, 9.17) is 4.42 Å². The lowest BCUT2D eigenvalue weighted by Gasteiger charge is -2.11. The lowest BCUT2D eigenvalue weighted by Crippen LogP contribution is -2.23. The third kappa shape index (κ3) is 0.674. The van der Waals surface area contributed by atoms with Gasteiger partial charge in [-0.25, -0.2) is 4.98 Å². The van der Waals surface area contributed by atoms with E-state index in [9.17, 15) is 0 Å². The Morgan fingerprint density at radius 1 is 1.50 bits per heavy atom. The van der Waals surface area contributed by atoms with Crippen molar-refractivity contribution in [2.24, 2.45) is 0 Å². The van der Waals surface area contributed by atoms with E-state index < -0.39 is 0 Å². The first kappa shape index (κ1) is 6.25. The molecule has 0 saturated heterocycles. The van der Waals surface area contributed by atoms with Crippen LogP contribution in [0.4, 0.5) is 0 Å². The van der Waals surface area contributed by atoms with Gasteiger partial charge in [0.1, 0.15) is 5.52 Å². The largest absolute Gasteiger partial charge is 0.427 e. The van der Waals surface area contributed by atoms with Crippen LogP contribution in [0, 0.1) is 0 Å². The number of H-pyrrole nitrogens is 1. The van der Waals surface area contributed by atoms with Gasteiger partial charge in [-0.05, 0) is 0 Å². The normalized spacial score (nSPS) is 16.7. The molecule has 0 fully saturated rings. The Balaban J connectivity index is 2.34. The fraction of sp³-hybridized carbons (Fsp3) is 0.375. The number of nitrogens with zero attached hydrogens (tertiary/aromatic N) is 1. The van der Waals surface area contributed by atoms with Crippen LogP contribution in [-0.4, -0.2) is 16.5 Å². The predicted octanol–water partition coefficient (Wildman–Crippen LogP) is 0.802. The van der Waals surface area contributed by atoms with Crippen LogP contribution in [-0.2, 0) is 13.0 Å². The fourth-order valence-corrected chi connectivity index (χ4v) is 1.74. The van der Waals surface area contributed by atoms with Gasteiger partial charge in [0.05, 0.1) is 0 Å². The first-order chi connectivity index (χ1) is 5.95. The maximum absolute atomic E-state index is 5.18. The molecule has 0 saturated carbocycles. The predicted molar refractivity (Wildman–Crippen MR) is 43.8 cm³/mol. The molecule has 12 heavy (non-hydrogen) atoms. The number of fused-ring (bicyclic) bond motifs is 3. The van der Waals surface area contributed by atoms with E-state index in [-0.39, 0.29) is 0 Å². The van der Waals surface area contributed by atoms with E-state index in [1.165, 1.54) is 17.7 Å². The van der Waals surface area contributed by atoms with Crippen molar-refractivity contribution in [1.82, 2.24) is 15.3 Å². The van der Waals surface area contributed by atoms with Gasteiger partial charge in [-0.1, -0.05) is 0 Å². The topological polar surface area (TPSA) is 53.9 Å². The van der Waals surface area contributed by atoms with Gasteiger partial charge >= 0.3 is 0 Å². The molecule has 4 heteroatoms. The van der Waals surface area contributed by atoms with Gasteiger partial charge < -0.3 is 14.7 Å². The number of aromatic amines is 1. The monoisotopic (exact) mass is 163 g/mol. The molecule has 0 radical (unpaired) electrons. The molecule has 0 unspecified atom stereocenters. The van der Waals surface area contributed by atoms with Gasteiger partial charge in [-0.15, -0.1) is 0 Å². The third-order valence-electron chi connectivity index (χ3n) is 2.34. The number of hydrogen-bond acceptors (Lipinski definition) is 3. The van der Waals surface area contributed by atoms with Crippen molar-refractivity contribution in [2.45, 2.75) is 13.0 Å². The van der Waals surface area contributed by atoms with Gasteiger partial charge in [0.25, 0.3) is 0 Å². The SMILES string of the molecule is c1nc2c3c([nH]c2o1)CCNC3. The van der Waals surface area contributed by atoms with Crippen molar-refractivity contribution in [2.75, 3.05) is 6.54 Å². The molecule has 62 valence electrons. The van der Waals surface area contributed by atoms with Crippen molar-refractivity contribution in [1.29, 1.82) is 0 Å². The highest BCUT2D eigenvalue weighted by Crippen LogP contribution is 2.22. The summed E-state index contributed by atoms with van der Waals surface area (Å²) in [4.78, 5) is 7.38. The number of hydrogen-bond donors (Lipinski definition) is 2. The summed E-state index contributed by atoms with van der Waals surface area (Å²) in [6, 6.07) is 0. The van der Waals surface area contributed by atoms with E-state index in [2.05, 4.69) is 15.3 Å². The number of nitrogens with one attached hydrogen (secondary N) is 2. The molecule has 3 heterocycles. The molecule has 0 aliphatic carbocycles. The Hall–Kier alpha value is -1.29. The summed E-state index contributed by atoms with van der Waals surface area (Å²) in [5.74, 6) is 0. The molecule has 0 bridgehead atoms. The average molecular weight is 163 g/mol. The zero-order valence-electron chi connectivity index (χ0n) is 6.55. The van der Waals surface area contributed by atoms with Crippen molar-refractivity contribution >= 4 is 11.2 Å². The highest BCUT2D eigenvalue weighted by molar-refractivity contribution is 5.75. The second-order valence-electron chi connectivity index (χ2n) is 3.04. The minimum absolute atomic E-state index is 0.809. The van der Waals surface area contributed by atoms with Gasteiger partial charge in [-0.3, -0.25) is 0 Å². The quantitative estimate of drug-likeness (QED) is 0.604. The minimum Gasteiger partial charge on any atom is -0.427 e. The molecule has 3 rings (SSSR count). The van der Waals surface area contributed by atoms with Crippen LogP contribution in [0.5, 0.6) is 0 Å². The van der Waals surface area contributed by atoms with Crippen LogP contribution < -0.4 is 5.32 Å². The summed E-state index contributed by atoms with van der Waals surface area (Å²) in [5.41, 5.74) is 4.33. The van der Waals surface area contributed by atoms with Gasteiger partial charge in [0, 0.05) is 30.8 Å². The lowest BCUT2D eigenvalue weighted by atomic mass is 10.1. The Labute approximate surface area is 69.0 Å². The second kappa shape index (κ2) is 2.10. The first-order valence-corrected chi connectivity index (χ1v) is 4.09. The molecule has 2 aromatic heterocycles. The second-order valence-corrected chi connectivity index (χ2v) is 3.04. The van der Waals surface area contributed by atoms with Gasteiger partial charge in [-0.2, -0.15) is 0 Å². The molecule has 0 spiro atoms. The van der Waals surface area contributed by atoms with Gasteiger partial charge in [0.15, 0.2) is 6.39 Å². The zero-order valence-corrected chi connectivity index (χ0v) is 6.55. The number of rotatable bonds is 0. The van der Waals surface area contributed by atoms with E-state index >= 15 is 0 Å². The number of oxazole rings is 1. The number of aromatic nitrogens is 2. The first-order valence-electron chi connectivity index (χ1n) is 4.09. The van der Waals surface area contributed by atoms with Crippen molar-refractivity contribution in [3.05, 3.63) is 17.7 Å². The summed E-state index contributed by atoms with van der Waals surface area (Å²) in [6.45, 7) is 1.94. The molecular weight excluding hydrogens is 154 g/mol. The smallest absolute Gasteiger partial charge is 0.225 e. The molecule has 0 amide bonds. The Kier molecular flexibility index (Phi) is 1.10. The molecule has 1 aliphatic rings. The van der Waals surface area contributed by atoms with E-state index in [1.807, 2.05) is 0 Å². The van der Waals surface area contributed by atoms with E-state index in [0.29, 0.717) is 0 Å². The molecule has 2 N–H and O–H groups in total. The standard InChI is InChI=1S/C8H9N3O/c1-2-9-3-5-6(1)11-8-7(5)10-4-12-8/h4,9,11H,1-3H2. The highest BCUT2D eigenvalue weighted by atomic mass is 16.3. The molecule has 1 aliphatic heterocycles. The minimum atomic E-state index is 0.809. The van der Waals surface area contributed by atoms with Crippen LogP contribution in [0.15, 0.2) is 10.8 Å². The van der Waals surface area contributed by atoms with Crippen LogP contribution >= 0.6 is 0 Å².